The van der Waals surface area contributed by atoms with Gasteiger partial charge in [-0.25, -0.2) is 9.78 Å². The van der Waals surface area contributed by atoms with Gasteiger partial charge in [-0.2, -0.15) is 0 Å². The number of rotatable bonds is 2. The van der Waals surface area contributed by atoms with E-state index in [2.05, 4.69) is 9.72 Å². The smallest absolute Gasteiger partial charge is 0.338 e. The number of methoxy groups -OCH3 is 1. The quantitative estimate of drug-likeness (QED) is 0.605. The molecule has 0 aliphatic rings. The van der Waals surface area contributed by atoms with Crippen molar-refractivity contribution in [1.82, 2.24) is 4.98 Å². The number of halogens is 3. The molecule has 0 spiro atoms. The van der Waals surface area contributed by atoms with Crippen molar-refractivity contribution < 1.29 is 9.53 Å². The van der Waals surface area contributed by atoms with Crippen molar-refractivity contribution in [2.24, 2.45) is 0 Å². The summed E-state index contributed by atoms with van der Waals surface area (Å²) >= 11 is 17.7. The number of benzene rings is 1. The second-order valence-corrected chi connectivity index (χ2v) is 4.89. The largest absolute Gasteiger partial charge is 0.465 e. The van der Waals surface area contributed by atoms with Gasteiger partial charge < -0.3 is 4.74 Å². The first-order chi connectivity index (χ1) is 9.01. The maximum absolute atomic E-state index is 11.5. The fourth-order valence-corrected chi connectivity index (χ4v) is 2.04. The number of pyridine rings is 1. The van der Waals surface area contributed by atoms with Gasteiger partial charge in [0.25, 0.3) is 0 Å². The third-order valence-electron chi connectivity index (χ3n) is 2.43. The molecule has 6 heteroatoms. The molecule has 3 nitrogen and oxygen atoms in total. The van der Waals surface area contributed by atoms with Crippen LogP contribution in [0.15, 0.2) is 30.3 Å². The van der Waals surface area contributed by atoms with Crippen LogP contribution in [0.4, 0.5) is 0 Å². The van der Waals surface area contributed by atoms with E-state index in [0.717, 1.165) is 0 Å². The molecule has 19 heavy (non-hydrogen) atoms. The van der Waals surface area contributed by atoms with Gasteiger partial charge in [0.15, 0.2) is 0 Å². The third-order valence-corrected chi connectivity index (χ3v) is 3.36. The second kappa shape index (κ2) is 5.78. The molecular weight excluding hydrogens is 309 g/mol. The van der Waals surface area contributed by atoms with Gasteiger partial charge in [-0.05, 0) is 24.3 Å². The highest BCUT2D eigenvalue weighted by molar-refractivity contribution is 6.42. The summed E-state index contributed by atoms with van der Waals surface area (Å²) < 4.78 is 4.65. The number of aromatic nitrogens is 1. The Morgan fingerprint density at radius 2 is 1.84 bits per heavy atom. The van der Waals surface area contributed by atoms with Crippen LogP contribution in [0.3, 0.4) is 0 Å². The zero-order valence-electron chi connectivity index (χ0n) is 9.78. The van der Waals surface area contributed by atoms with Crippen LogP contribution in [0, 0.1) is 0 Å². The highest BCUT2D eigenvalue weighted by Crippen LogP contribution is 2.28. The fraction of sp³-hybridized carbons (Fsp3) is 0.0769. The molecule has 0 aliphatic carbocycles. The Kier molecular flexibility index (Phi) is 4.30. The van der Waals surface area contributed by atoms with Crippen molar-refractivity contribution in [1.29, 1.82) is 0 Å². The van der Waals surface area contributed by atoms with Crippen LogP contribution in [0.2, 0.25) is 15.2 Å². The first-order valence-corrected chi connectivity index (χ1v) is 6.36. The van der Waals surface area contributed by atoms with Crippen LogP contribution in [-0.2, 0) is 4.74 Å². The molecule has 0 amide bonds. The van der Waals surface area contributed by atoms with E-state index in [1.807, 2.05) is 0 Å². The predicted octanol–water partition coefficient (Wildman–Crippen LogP) is 4.50. The fourth-order valence-electron chi connectivity index (χ4n) is 1.54. The Hall–Kier alpha value is -1.29. The highest BCUT2D eigenvalue weighted by atomic mass is 35.5. The Morgan fingerprint density at radius 1 is 1.11 bits per heavy atom. The van der Waals surface area contributed by atoms with Crippen LogP contribution in [0.5, 0.6) is 0 Å². The van der Waals surface area contributed by atoms with Gasteiger partial charge in [0.1, 0.15) is 5.15 Å². The molecule has 0 atom stereocenters. The van der Waals surface area contributed by atoms with Crippen molar-refractivity contribution in [2.75, 3.05) is 7.11 Å². The Labute approximate surface area is 125 Å². The topological polar surface area (TPSA) is 39.2 Å². The van der Waals surface area contributed by atoms with Crippen molar-refractivity contribution >= 4 is 40.8 Å². The molecule has 0 aliphatic heterocycles. The maximum Gasteiger partial charge on any atom is 0.338 e. The summed E-state index contributed by atoms with van der Waals surface area (Å²) in [5.74, 6) is -0.481. The molecule has 0 fully saturated rings. The normalized spacial score (nSPS) is 10.3. The molecule has 0 N–H and O–H groups in total. The average Bonchev–Trinajstić information content (AvgIpc) is 2.40. The Morgan fingerprint density at radius 3 is 2.47 bits per heavy atom. The van der Waals surface area contributed by atoms with E-state index in [1.165, 1.54) is 13.2 Å². The standard InChI is InChI=1S/C13H8Cl3NO2/c1-19-13(18)8-5-11(17-12(16)6-8)7-2-3-9(14)10(15)4-7/h2-6H,1H3. The molecule has 0 saturated heterocycles. The van der Waals surface area contributed by atoms with Crippen LogP contribution in [0.1, 0.15) is 10.4 Å². The number of ether oxygens (including phenoxy) is 1. The van der Waals surface area contributed by atoms with Gasteiger partial charge in [0, 0.05) is 5.56 Å². The molecule has 1 aromatic heterocycles. The van der Waals surface area contributed by atoms with Crippen molar-refractivity contribution in [3.8, 4) is 11.3 Å². The molecule has 0 bridgehead atoms. The van der Waals surface area contributed by atoms with Crippen molar-refractivity contribution in [3.05, 3.63) is 51.1 Å². The number of hydrogen-bond acceptors (Lipinski definition) is 3. The monoisotopic (exact) mass is 315 g/mol. The summed E-state index contributed by atoms with van der Waals surface area (Å²) in [4.78, 5) is 15.7. The highest BCUT2D eigenvalue weighted by Gasteiger charge is 2.11. The molecule has 0 unspecified atom stereocenters. The van der Waals surface area contributed by atoms with Crippen LogP contribution in [0.25, 0.3) is 11.3 Å². The number of carbonyl (C=O) groups is 1. The van der Waals surface area contributed by atoms with Crippen molar-refractivity contribution in [2.45, 2.75) is 0 Å². The predicted molar refractivity (Wildman–Crippen MR) is 76.0 cm³/mol. The Bertz CT molecular complexity index is 644. The minimum absolute atomic E-state index is 0.198. The second-order valence-electron chi connectivity index (χ2n) is 3.68. The van der Waals surface area contributed by atoms with E-state index in [4.69, 9.17) is 34.8 Å². The third kappa shape index (κ3) is 3.18. The summed E-state index contributed by atoms with van der Waals surface area (Å²) in [6.07, 6.45) is 0. The lowest BCUT2D eigenvalue weighted by atomic mass is 10.1. The SMILES string of the molecule is COC(=O)c1cc(Cl)nc(-c2ccc(Cl)c(Cl)c2)c1. The summed E-state index contributed by atoms with van der Waals surface area (Å²) in [6, 6.07) is 8.07. The minimum Gasteiger partial charge on any atom is -0.465 e. The average molecular weight is 317 g/mol. The van der Waals surface area contributed by atoms with E-state index in [9.17, 15) is 4.79 Å². The van der Waals surface area contributed by atoms with Gasteiger partial charge in [0.2, 0.25) is 0 Å². The number of nitrogens with zero attached hydrogens (tertiary/aromatic N) is 1. The van der Waals surface area contributed by atoms with Gasteiger partial charge in [0.05, 0.1) is 28.4 Å². The van der Waals surface area contributed by atoms with Gasteiger partial charge in [-0.15, -0.1) is 0 Å². The number of carbonyl (C=O) groups excluding carboxylic acids is 1. The lowest BCUT2D eigenvalue weighted by molar-refractivity contribution is 0.0600. The zero-order valence-corrected chi connectivity index (χ0v) is 12.1. The Balaban J connectivity index is 2.52. The lowest BCUT2D eigenvalue weighted by Crippen LogP contribution is -2.02. The van der Waals surface area contributed by atoms with Crippen LogP contribution in [-0.4, -0.2) is 18.1 Å². The molecule has 2 aromatic rings. The van der Waals surface area contributed by atoms with Gasteiger partial charge >= 0.3 is 5.97 Å². The van der Waals surface area contributed by atoms with Crippen LogP contribution >= 0.6 is 34.8 Å². The zero-order chi connectivity index (χ0) is 14.0. The lowest BCUT2D eigenvalue weighted by Gasteiger charge is -2.06. The first-order valence-electron chi connectivity index (χ1n) is 5.22. The van der Waals surface area contributed by atoms with E-state index in [0.29, 0.717) is 26.9 Å². The van der Waals surface area contributed by atoms with Crippen molar-refractivity contribution in [3.63, 3.8) is 0 Å². The van der Waals surface area contributed by atoms with E-state index in [-0.39, 0.29) is 5.15 Å². The van der Waals surface area contributed by atoms with E-state index >= 15 is 0 Å². The summed E-state index contributed by atoms with van der Waals surface area (Å²) in [6.45, 7) is 0. The molecule has 0 radical (unpaired) electrons. The summed E-state index contributed by atoms with van der Waals surface area (Å²) in [7, 11) is 1.30. The van der Waals surface area contributed by atoms with Gasteiger partial charge in [-0.3, -0.25) is 0 Å². The summed E-state index contributed by atoms with van der Waals surface area (Å²) in [5.41, 5.74) is 1.55. The molecule has 98 valence electrons. The molecule has 2 rings (SSSR count). The molecule has 1 heterocycles. The molecule has 0 saturated carbocycles. The van der Waals surface area contributed by atoms with E-state index < -0.39 is 5.97 Å². The minimum atomic E-state index is -0.481. The number of hydrogen-bond donors (Lipinski definition) is 0. The molecular formula is C13H8Cl3NO2. The first kappa shape index (κ1) is 14.1. The van der Waals surface area contributed by atoms with Crippen LogP contribution < -0.4 is 0 Å². The van der Waals surface area contributed by atoms with E-state index in [1.54, 1.807) is 24.3 Å². The maximum atomic E-state index is 11.5. The summed E-state index contributed by atoms with van der Waals surface area (Å²) in [5, 5.41) is 1.05. The van der Waals surface area contributed by atoms with Gasteiger partial charge in [-0.1, -0.05) is 40.9 Å². The number of esters is 1. The molecule has 1 aromatic carbocycles.